The molecule has 1 aliphatic rings. The summed E-state index contributed by atoms with van der Waals surface area (Å²) >= 11 is 0. The Morgan fingerprint density at radius 1 is 1.36 bits per heavy atom. The molecule has 1 fully saturated rings. The number of hydrogen-bond donors (Lipinski definition) is 2. The van der Waals surface area contributed by atoms with E-state index in [9.17, 15) is 17.2 Å². The molecule has 1 aromatic rings. The first-order valence-corrected chi connectivity index (χ1v) is 9.39. The number of ether oxygens (including phenoxy) is 1. The molecule has 1 saturated heterocycles. The average Bonchev–Trinajstić information content (AvgIpc) is 2.87. The lowest BCUT2D eigenvalue weighted by Gasteiger charge is -2.16. The van der Waals surface area contributed by atoms with E-state index in [0.717, 1.165) is 0 Å². The maximum absolute atomic E-state index is 12.4. The molecule has 1 unspecified atom stereocenters. The summed E-state index contributed by atoms with van der Waals surface area (Å²) in [6.07, 6.45) is 0.636. The fraction of sp³-hybridized carbons (Fsp3) is 0.533. The number of para-hydroxylation sites is 1. The van der Waals surface area contributed by atoms with Crippen molar-refractivity contribution >= 4 is 39.8 Å². The molecule has 1 heterocycles. The molecule has 1 aliphatic heterocycles. The number of guanidine groups is 1. The second-order valence-corrected chi connectivity index (χ2v) is 7.79. The Morgan fingerprint density at radius 2 is 2.08 bits per heavy atom. The maximum atomic E-state index is 12.4. The zero-order chi connectivity index (χ0) is 17.6. The van der Waals surface area contributed by atoms with E-state index in [-0.39, 0.29) is 53.7 Å². The fourth-order valence-electron chi connectivity index (χ4n) is 2.53. The molecule has 142 valence electrons. The predicted octanol–water partition coefficient (Wildman–Crippen LogP) is 2.01. The normalized spacial score (nSPS) is 19.4. The van der Waals surface area contributed by atoms with Crippen molar-refractivity contribution in [3.8, 4) is 5.75 Å². The van der Waals surface area contributed by atoms with Gasteiger partial charge in [0.2, 0.25) is 0 Å². The third-order valence-corrected chi connectivity index (χ3v) is 5.58. The van der Waals surface area contributed by atoms with Crippen LogP contribution in [0.1, 0.15) is 12.0 Å². The zero-order valence-electron chi connectivity index (χ0n) is 13.7. The molecule has 2 rings (SSSR count). The molecule has 1 aromatic carbocycles. The number of aliphatic imine (C=N–C) groups is 1. The molecular formula is C15H22F2IN3O3S. The fourth-order valence-corrected chi connectivity index (χ4v) is 4.40. The second kappa shape index (κ2) is 10.1. The van der Waals surface area contributed by atoms with E-state index in [1.807, 2.05) is 0 Å². The lowest BCUT2D eigenvalue weighted by atomic mass is 10.1. The minimum atomic E-state index is -2.91. The van der Waals surface area contributed by atoms with E-state index < -0.39 is 16.4 Å². The van der Waals surface area contributed by atoms with Gasteiger partial charge in [0.1, 0.15) is 5.75 Å². The number of halogens is 3. The van der Waals surface area contributed by atoms with Gasteiger partial charge in [0.25, 0.3) is 0 Å². The van der Waals surface area contributed by atoms with Crippen molar-refractivity contribution in [2.75, 3.05) is 25.1 Å². The summed E-state index contributed by atoms with van der Waals surface area (Å²) in [6, 6.07) is 6.51. The third kappa shape index (κ3) is 7.30. The van der Waals surface area contributed by atoms with Crippen LogP contribution in [0.25, 0.3) is 0 Å². The van der Waals surface area contributed by atoms with Gasteiger partial charge in [-0.3, -0.25) is 4.99 Å². The van der Waals surface area contributed by atoms with Gasteiger partial charge >= 0.3 is 6.61 Å². The largest absolute Gasteiger partial charge is 0.434 e. The second-order valence-electron chi connectivity index (χ2n) is 5.56. The van der Waals surface area contributed by atoms with Crippen LogP contribution in [-0.4, -0.2) is 46.1 Å². The maximum Gasteiger partial charge on any atom is 0.387 e. The third-order valence-electron chi connectivity index (χ3n) is 3.74. The molecule has 0 spiro atoms. The lowest BCUT2D eigenvalue weighted by molar-refractivity contribution is -0.0504. The minimum Gasteiger partial charge on any atom is -0.434 e. The smallest absolute Gasteiger partial charge is 0.387 e. The van der Waals surface area contributed by atoms with Crippen LogP contribution < -0.4 is 15.4 Å². The summed E-state index contributed by atoms with van der Waals surface area (Å²) in [5.74, 6) is 1.05. The summed E-state index contributed by atoms with van der Waals surface area (Å²) < 4.78 is 52.1. The first kappa shape index (κ1) is 21.9. The van der Waals surface area contributed by atoms with E-state index in [1.165, 1.54) is 6.07 Å². The average molecular weight is 489 g/mol. The molecule has 6 nitrogen and oxygen atoms in total. The van der Waals surface area contributed by atoms with E-state index in [4.69, 9.17) is 0 Å². The van der Waals surface area contributed by atoms with Crippen LogP contribution in [-0.2, 0) is 16.4 Å². The van der Waals surface area contributed by atoms with Crippen molar-refractivity contribution in [3.63, 3.8) is 0 Å². The van der Waals surface area contributed by atoms with Gasteiger partial charge in [-0.1, -0.05) is 18.2 Å². The highest BCUT2D eigenvalue weighted by Gasteiger charge is 2.27. The van der Waals surface area contributed by atoms with E-state index in [1.54, 1.807) is 25.2 Å². The molecule has 0 saturated carbocycles. The number of alkyl halides is 2. The molecule has 0 radical (unpaired) electrons. The van der Waals surface area contributed by atoms with Gasteiger partial charge in [0.15, 0.2) is 15.8 Å². The van der Waals surface area contributed by atoms with Gasteiger partial charge in [0, 0.05) is 25.7 Å². The van der Waals surface area contributed by atoms with Crippen molar-refractivity contribution in [1.29, 1.82) is 0 Å². The Hall–Kier alpha value is -1.17. The summed E-state index contributed by atoms with van der Waals surface area (Å²) in [5.41, 5.74) is 0.573. The van der Waals surface area contributed by atoms with E-state index in [2.05, 4.69) is 20.4 Å². The molecule has 0 amide bonds. The predicted molar refractivity (Wildman–Crippen MR) is 103 cm³/mol. The Kier molecular flexibility index (Phi) is 8.83. The van der Waals surface area contributed by atoms with Gasteiger partial charge in [-0.2, -0.15) is 8.78 Å². The van der Waals surface area contributed by atoms with Crippen molar-refractivity contribution in [2.45, 2.75) is 19.6 Å². The van der Waals surface area contributed by atoms with Crippen molar-refractivity contribution in [3.05, 3.63) is 29.8 Å². The van der Waals surface area contributed by atoms with Crippen LogP contribution in [0.5, 0.6) is 5.75 Å². The van der Waals surface area contributed by atoms with Crippen LogP contribution in [0.15, 0.2) is 29.3 Å². The molecular weight excluding hydrogens is 467 g/mol. The van der Waals surface area contributed by atoms with Crippen molar-refractivity contribution in [1.82, 2.24) is 10.6 Å². The summed E-state index contributed by atoms with van der Waals surface area (Å²) in [7, 11) is -1.32. The Morgan fingerprint density at radius 3 is 2.68 bits per heavy atom. The van der Waals surface area contributed by atoms with Crippen LogP contribution in [0.3, 0.4) is 0 Å². The monoisotopic (exact) mass is 489 g/mol. The van der Waals surface area contributed by atoms with Crippen LogP contribution in [0.2, 0.25) is 0 Å². The topological polar surface area (TPSA) is 79.8 Å². The van der Waals surface area contributed by atoms with Gasteiger partial charge in [-0.15, -0.1) is 24.0 Å². The number of nitrogens with one attached hydrogen (secondary N) is 2. The molecule has 0 aliphatic carbocycles. The number of benzene rings is 1. The van der Waals surface area contributed by atoms with Crippen LogP contribution in [0.4, 0.5) is 8.78 Å². The first-order valence-electron chi connectivity index (χ1n) is 7.57. The molecule has 1 atom stereocenters. The summed E-state index contributed by atoms with van der Waals surface area (Å²) in [6.45, 7) is -2.13. The van der Waals surface area contributed by atoms with E-state index in [0.29, 0.717) is 24.5 Å². The Labute approximate surface area is 163 Å². The molecule has 0 aromatic heterocycles. The highest BCUT2D eigenvalue weighted by Crippen LogP contribution is 2.20. The number of hydrogen-bond acceptors (Lipinski definition) is 4. The van der Waals surface area contributed by atoms with Crippen LogP contribution in [0, 0.1) is 5.92 Å². The highest BCUT2D eigenvalue weighted by atomic mass is 127. The molecule has 10 heteroatoms. The van der Waals surface area contributed by atoms with Gasteiger partial charge in [-0.25, -0.2) is 8.42 Å². The molecule has 0 bridgehead atoms. The highest BCUT2D eigenvalue weighted by molar-refractivity contribution is 14.0. The van der Waals surface area contributed by atoms with Crippen LogP contribution >= 0.6 is 24.0 Å². The Balaban J connectivity index is 0.00000312. The summed E-state index contributed by atoms with van der Waals surface area (Å²) in [4.78, 5) is 4.05. The Bertz CT molecular complexity index is 686. The van der Waals surface area contributed by atoms with Crippen molar-refractivity contribution < 1.29 is 21.9 Å². The minimum absolute atomic E-state index is 0. The SMILES string of the molecule is CN=C(NCc1ccccc1OC(F)F)NCC1CCS(=O)(=O)C1.I. The number of nitrogens with zero attached hydrogens (tertiary/aromatic N) is 1. The van der Waals surface area contributed by atoms with Gasteiger partial charge in [0.05, 0.1) is 11.5 Å². The lowest BCUT2D eigenvalue weighted by Crippen LogP contribution is -2.39. The molecule has 2 N–H and O–H groups in total. The first-order chi connectivity index (χ1) is 11.4. The van der Waals surface area contributed by atoms with Gasteiger partial charge < -0.3 is 15.4 Å². The summed E-state index contributed by atoms with van der Waals surface area (Å²) in [5, 5.41) is 6.07. The van der Waals surface area contributed by atoms with E-state index >= 15 is 0 Å². The standard InChI is InChI=1S/C15H21F2N3O3S.HI/c1-18-15(19-8-11-6-7-24(21,22)10-11)20-9-12-4-2-3-5-13(12)23-14(16)17;/h2-5,11,14H,6-10H2,1H3,(H2,18,19,20);1H. The number of rotatable bonds is 6. The molecule has 25 heavy (non-hydrogen) atoms. The zero-order valence-corrected chi connectivity index (χ0v) is 16.9. The number of sulfone groups is 1. The van der Waals surface area contributed by atoms with Crippen molar-refractivity contribution in [2.24, 2.45) is 10.9 Å². The quantitative estimate of drug-likeness (QED) is 0.363. The van der Waals surface area contributed by atoms with Gasteiger partial charge in [-0.05, 0) is 18.4 Å².